The number of nitrogens with one attached hydrogen (secondary N) is 2. The lowest BCUT2D eigenvalue weighted by Crippen LogP contribution is -2.30. The third-order valence-electron chi connectivity index (χ3n) is 2.59. The van der Waals surface area contributed by atoms with Crippen LogP contribution in [-0.4, -0.2) is 22.1 Å². The first kappa shape index (κ1) is 14.0. The standard InChI is InChI=1S/C14H18N4O2/c1-9(2)16-14(19)11-6-4-5-7-12(11)15-8-13-17-10(3)18-20-13/h4-7,9,15H,8H2,1-3H3,(H,16,19). The molecule has 0 spiro atoms. The SMILES string of the molecule is Cc1noc(CNc2ccccc2C(=O)NC(C)C)n1. The smallest absolute Gasteiger partial charge is 0.253 e. The maximum absolute atomic E-state index is 12.1. The van der Waals surface area contributed by atoms with Crippen molar-refractivity contribution in [1.82, 2.24) is 15.5 Å². The fourth-order valence-electron chi connectivity index (χ4n) is 1.76. The summed E-state index contributed by atoms with van der Waals surface area (Å²) >= 11 is 0. The average Bonchev–Trinajstić information content (AvgIpc) is 2.82. The normalized spacial score (nSPS) is 10.6. The maximum atomic E-state index is 12.1. The Morgan fingerprint density at radius 1 is 1.35 bits per heavy atom. The molecule has 1 aromatic heterocycles. The van der Waals surface area contributed by atoms with Crippen molar-refractivity contribution in [2.24, 2.45) is 0 Å². The molecular formula is C14H18N4O2. The molecule has 1 heterocycles. The van der Waals surface area contributed by atoms with E-state index in [9.17, 15) is 4.79 Å². The Morgan fingerprint density at radius 3 is 2.75 bits per heavy atom. The van der Waals surface area contributed by atoms with E-state index in [0.717, 1.165) is 5.69 Å². The van der Waals surface area contributed by atoms with Crippen molar-refractivity contribution in [3.63, 3.8) is 0 Å². The highest BCUT2D eigenvalue weighted by Gasteiger charge is 2.12. The number of rotatable bonds is 5. The van der Waals surface area contributed by atoms with Gasteiger partial charge in [-0.25, -0.2) is 0 Å². The summed E-state index contributed by atoms with van der Waals surface area (Å²) in [5.41, 5.74) is 1.33. The van der Waals surface area contributed by atoms with Crippen LogP contribution < -0.4 is 10.6 Å². The molecule has 2 aromatic rings. The second-order valence-electron chi connectivity index (χ2n) is 4.76. The summed E-state index contributed by atoms with van der Waals surface area (Å²) in [6.45, 7) is 5.99. The topological polar surface area (TPSA) is 80.0 Å². The molecule has 1 amide bonds. The summed E-state index contributed by atoms with van der Waals surface area (Å²) in [6.07, 6.45) is 0. The summed E-state index contributed by atoms with van der Waals surface area (Å²) in [6, 6.07) is 7.41. The predicted octanol–water partition coefficient (Wildman–Crippen LogP) is 2.13. The number of anilines is 1. The molecule has 0 aliphatic carbocycles. The number of aryl methyl sites for hydroxylation is 1. The monoisotopic (exact) mass is 274 g/mol. The van der Waals surface area contributed by atoms with Crippen molar-refractivity contribution in [3.8, 4) is 0 Å². The van der Waals surface area contributed by atoms with Crippen LogP contribution in [0.1, 0.15) is 35.9 Å². The number of benzene rings is 1. The third-order valence-corrected chi connectivity index (χ3v) is 2.59. The third kappa shape index (κ3) is 3.57. The van der Waals surface area contributed by atoms with E-state index in [4.69, 9.17) is 4.52 Å². The molecule has 0 saturated carbocycles. The molecule has 0 radical (unpaired) electrons. The Hall–Kier alpha value is -2.37. The zero-order valence-electron chi connectivity index (χ0n) is 11.8. The van der Waals surface area contributed by atoms with Gasteiger partial charge in [0, 0.05) is 11.7 Å². The highest BCUT2D eigenvalue weighted by molar-refractivity contribution is 5.99. The number of carbonyl (C=O) groups excluding carboxylic acids is 1. The highest BCUT2D eigenvalue weighted by atomic mass is 16.5. The molecule has 0 aliphatic rings. The summed E-state index contributed by atoms with van der Waals surface area (Å²) in [5.74, 6) is 0.971. The van der Waals surface area contributed by atoms with Crippen LogP contribution in [0.3, 0.4) is 0 Å². The maximum Gasteiger partial charge on any atom is 0.253 e. The number of nitrogens with zero attached hydrogens (tertiary/aromatic N) is 2. The van der Waals surface area contributed by atoms with E-state index in [-0.39, 0.29) is 11.9 Å². The van der Waals surface area contributed by atoms with Crippen LogP contribution in [0.4, 0.5) is 5.69 Å². The molecule has 0 saturated heterocycles. The second kappa shape index (κ2) is 6.18. The van der Waals surface area contributed by atoms with Gasteiger partial charge in [0.25, 0.3) is 5.91 Å². The summed E-state index contributed by atoms with van der Waals surface area (Å²) in [4.78, 5) is 16.2. The zero-order chi connectivity index (χ0) is 14.5. The van der Waals surface area contributed by atoms with Gasteiger partial charge in [-0.05, 0) is 32.9 Å². The van der Waals surface area contributed by atoms with Crippen molar-refractivity contribution in [1.29, 1.82) is 0 Å². The molecule has 6 nitrogen and oxygen atoms in total. The average molecular weight is 274 g/mol. The van der Waals surface area contributed by atoms with Crippen LogP contribution in [0, 0.1) is 6.92 Å². The minimum absolute atomic E-state index is 0.0918. The van der Waals surface area contributed by atoms with Gasteiger partial charge in [0.15, 0.2) is 5.82 Å². The minimum Gasteiger partial charge on any atom is -0.375 e. The molecular weight excluding hydrogens is 256 g/mol. The van der Waals surface area contributed by atoms with E-state index < -0.39 is 0 Å². The Balaban J connectivity index is 2.09. The zero-order valence-corrected chi connectivity index (χ0v) is 11.8. The summed E-state index contributed by atoms with van der Waals surface area (Å²) < 4.78 is 5.03. The quantitative estimate of drug-likeness (QED) is 0.873. The number of aromatic nitrogens is 2. The number of carbonyl (C=O) groups is 1. The van der Waals surface area contributed by atoms with Crippen LogP contribution in [0.15, 0.2) is 28.8 Å². The molecule has 106 valence electrons. The van der Waals surface area contributed by atoms with Crippen LogP contribution in [0.5, 0.6) is 0 Å². The lowest BCUT2D eigenvalue weighted by Gasteiger charge is -2.12. The minimum atomic E-state index is -0.107. The van der Waals surface area contributed by atoms with Crippen molar-refractivity contribution in [3.05, 3.63) is 41.5 Å². The van der Waals surface area contributed by atoms with Gasteiger partial charge in [0.1, 0.15) is 0 Å². The van der Waals surface area contributed by atoms with E-state index in [1.807, 2.05) is 32.0 Å². The molecule has 2 rings (SSSR count). The van der Waals surface area contributed by atoms with E-state index in [2.05, 4.69) is 20.8 Å². The molecule has 0 bridgehead atoms. The van der Waals surface area contributed by atoms with Gasteiger partial charge >= 0.3 is 0 Å². The number of hydrogen-bond acceptors (Lipinski definition) is 5. The second-order valence-corrected chi connectivity index (χ2v) is 4.76. The Morgan fingerprint density at radius 2 is 2.10 bits per heavy atom. The van der Waals surface area contributed by atoms with E-state index >= 15 is 0 Å². The Kier molecular flexibility index (Phi) is 4.34. The Labute approximate surface area is 117 Å². The van der Waals surface area contributed by atoms with Gasteiger partial charge in [-0.3, -0.25) is 4.79 Å². The first-order valence-corrected chi connectivity index (χ1v) is 6.49. The highest BCUT2D eigenvalue weighted by Crippen LogP contribution is 2.16. The van der Waals surface area contributed by atoms with Crippen LogP contribution in [0.25, 0.3) is 0 Å². The summed E-state index contributed by atoms with van der Waals surface area (Å²) in [7, 11) is 0. The first-order chi connectivity index (χ1) is 9.56. The van der Waals surface area contributed by atoms with Crippen molar-refractivity contribution < 1.29 is 9.32 Å². The fourth-order valence-corrected chi connectivity index (χ4v) is 1.76. The molecule has 1 aromatic carbocycles. The molecule has 0 fully saturated rings. The fraction of sp³-hybridized carbons (Fsp3) is 0.357. The van der Waals surface area contributed by atoms with Gasteiger partial charge in [-0.15, -0.1) is 0 Å². The van der Waals surface area contributed by atoms with Gasteiger partial charge in [-0.1, -0.05) is 17.3 Å². The molecule has 0 aliphatic heterocycles. The molecule has 6 heteroatoms. The van der Waals surface area contributed by atoms with Gasteiger partial charge in [0.2, 0.25) is 5.89 Å². The van der Waals surface area contributed by atoms with Crippen molar-refractivity contribution >= 4 is 11.6 Å². The molecule has 0 unspecified atom stereocenters. The van der Waals surface area contributed by atoms with E-state index in [1.54, 1.807) is 13.0 Å². The van der Waals surface area contributed by atoms with E-state index in [0.29, 0.717) is 23.8 Å². The number of hydrogen-bond donors (Lipinski definition) is 2. The largest absolute Gasteiger partial charge is 0.375 e. The molecule has 20 heavy (non-hydrogen) atoms. The Bertz CT molecular complexity index is 592. The predicted molar refractivity (Wildman–Crippen MR) is 75.4 cm³/mol. The molecule has 2 N–H and O–H groups in total. The number of amides is 1. The summed E-state index contributed by atoms with van der Waals surface area (Å²) in [5, 5.41) is 9.73. The molecule has 0 atom stereocenters. The van der Waals surface area contributed by atoms with Crippen LogP contribution in [0.2, 0.25) is 0 Å². The van der Waals surface area contributed by atoms with Crippen molar-refractivity contribution in [2.75, 3.05) is 5.32 Å². The van der Waals surface area contributed by atoms with Crippen LogP contribution >= 0.6 is 0 Å². The van der Waals surface area contributed by atoms with E-state index in [1.165, 1.54) is 0 Å². The lowest BCUT2D eigenvalue weighted by atomic mass is 10.1. The van der Waals surface area contributed by atoms with Gasteiger partial charge in [-0.2, -0.15) is 4.98 Å². The lowest BCUT2D eigenvalue weighted by molar-refractivity contribution is 0.0944. The van der Waals surface area contributed by atoms with Gasteiger partial charge < -0.3 is 15.2 Å². The first-order valence-electron chi connectivity index (χ1n) is 6.49. The van der Waals surface area contributed by atoms with Gasteiger partial charge in [0.05, 0.1) is 12.1 Å². The van der Waals surface area contributed by atoms with Crippen molar-refractivity contribution in [2.45, 2.75) is 33.4 Å². The number of para-hydroxylation sites is 1. The van der Waals surface area contributed by atoms with Crippen LogP contribution in [-0.2, 0) is 6.54 Å².